The molecule has 1 saturated heterocycles. The summed E-state index contributed by atoms with van der Waals surface area (Å²) in [6.45, 7) is 3.84. The number of ether oxygens (including phenoxy) is 1. The van der Waals surface area contributed by atoms with Crippen LogP contribution in [0.5, 0.6) is 0 Å². The van der Waals surface area contributed by atoms with Gasteiger partial charge >= 0.3 is 5.97 Å². The second-order valence-electron chi connectivity index (χ2n) is 4.76. The summed E-state index contributed by atoms with van der Waals surface area (Å²) in [4.78, 5) is 12.3. The summed E-state index contributed by atoms with van der Waals surface area (Å²) in [5.41, 5.74) is 0.924. The molecule has 0 aromatic heterocycles. The summed E-state index contributed by atoms with van der Waals surface area (Å²) in [5, 5.41) is 0. The Kier molecular flexibility index (Phi) is 3.22. The largest absolute Gasteiger partial charge is 0.429 e. The molecule has 0 N–H and O–H groups in total. The van der Waals surface area contributed by atoms with Gasteiger partial charge in [-0.25, -0.2) is 0 Å². The highest BCUT2D eigenvalue weighted by Gasteiger charge is 2.56. The van der Waals surface area contributed by atoms with Gasteiger partial charge in [0.05, 0.1) is 4.83 Å². The maximum absolute atomic E-state index is 12.6. The van der Waals surface area contributed by atoms with Crippen molar-refractivity contribution in [3.63, 3.8) is 0 Å². The minimum Gasteiger partial charge on any atom is -0.429 e. The van der Waals surface area contributed by atoms with E-state index in [-0.39, 0.29) is 10.8 Å². The average Bonchev–Trinajstić information content (AvgIpc) is 2.72. The van der Waals surface area contributed by atoms with Gasteiger partial charge in [0, 0.05) is 0 Å². The number of rotatable bonds is 2. The normalized spacial score (nSPS) is 20.8. The summed E-state index contributed by atoms with van der Waals surface area (Å²) >= 11 is 3.60. The topological polar surface area (TPSA) is 26.3 Å². The Morgan fingerprint density at radius 2 is 1.40 bits per heavy atom. The van der Waals surface area contributed by atoms with Gasteiger partial charge in [-0.05, 0) is 11.1 Å². The van der Waals surface area contributed by atoms with Crippen LogP contribution in [0.4, 0.5) is 0 Å². The molecule has 3 heteroatoms. The van der Waals surface area contributed by atoms with Gasteiger partial charge in [-0.15, -0.1) is 0 Å². The second kappa shape index (κ2) is 4.91. The predicted octanol–water partition coefficient (Wildman–Crippen LogP) is 3.81. The van der Waals surface area contributed by atoms with Gasteiger partial charge in [0.15, 0.2) is 0 Å². The van der Waals surface area contributed by atoms with E-state index in [1.807, 2.05) is 60.7 Å². The van der Waals surface area contributed by atoms with Crippen molar-refractivity contribution in [3.8, 4) is 0 Å². The first-order valence-corrected chi connectivity index (χ1v) is 7.25. The van der Waals surface area contributed by atoms with Crippen LogP contribution in [0.15, 0.2) is 73.0 Å². The molecule has 0 spiro atoms. The standard InChI is InChI=1S/C17H13BrO2/c1-12-15(18)17(16(19)20-12,13-8-4-2-5-9-13)14-10-6-3-7-11-14/h2-11,15H,1H2/t15-/m0/s1. The van der Waals surface area contributed by atoms with Crippen LogP contribution in [0, 0.1) is 0 Å². The van der Waals surface area contributed by atoms with Crippen LogP contribution in [-0.2, 0) is 14.9 Å². The summed E-state index contributed by atoms with van der Waals surface area (Å²) in [6.07, 6.45) is 0. The van der Waals surface area contributed by atoms with Crippen molar-refractivity contribution in [1.82, 2.24) is 0 Å². The van der Waals surface area contributed by atoms with E-state index in [9.17, 15) is 4.79 Å². The first-order valence-electron chi connectivity index (χ1n) is 6.33. The smallest absolute Gasteiger partial charge is 0.327 e. The monoisotopic (exact) mass is 328 g/mol. The SMILES string of the molecule is C=C1OC(=O)C(c2ccccc2)(c2ccccc2)[C@H]1Br. The van der Waals surface area contributed by atoms with Crippen molar-refractivity contribution >= 4 is 21.9 Å². The van der Waals surface area contributed by atoms with Crippen molar-refractivity contribution in [2.24, 2.45) is 0 Å². The first-order chi connectivity index (χ1) is 9.67. The number of benzene rings is 2. The molecular formula is C17H13BrO2. The zero-order valence-corrected chi connectivity index (χ0v) is 12.3. The van der Waals surface area contributed by atoms with E-state index in [1.165, 1.54) is 0 Å². The molecule has 1 heterocycles. The molecule has 3 rings (SSSR count). The van der Waals surface area contributed by atoms with Crippen LogP contribution in [0.2, 0.25) is 0 Å². The fraction of sp³-hybridized carbons (Fsp3) is 0.118. The van der Waals surface area contributed by atoms with E-state index >= 15 is 0 Å². The molecule has 0 amide bonds. The Hall–Kier alpha value is -1.87. The third-order valence-corrected chi connectivity index (χ3v) is 4.86. The van der Waals surface area contributed by atoms with Gasteiger partial charge in [0.25, 0.3) is 0 Å². The quantitative estimate of drug-likeness (QED) is 0.619. The molecular weight excluding hydrogens is 316 g/mol. The Morgan fingerprint density at radius 1 is 0.950 bits per heavy atom. The number of alkyl halides is 1. The molecule has 20 heavy (non-hydrogen) atoms. The molecule has 100 valence electrons. The van der Waals surface area contributed by atoms with Gasteiger partial charge in [-0.2, -0.15) is 0 Å². The van der Waals surface area contributed by atoms with Crippen LogP contribution in [0.1, 0.15) is 11.1 Å². The molecule has 1 aliphatic rings. The van der Waals surface area contributed by atoms with Crippen molar-refractivity contribution in [1.29, 1.82) is 0 Å². The lowest BCUT2D eigenvalue weighted by Gasteiger charge is -2.29. The number of allylic oxidation sites excluding steroid dienone is 1. The number of carbonyl (C=O) groups is 1. The van der Waals surface area contributed by atoms with Crippen molar-refractivity contribution in [2.75, 3.05) is 0 Å². The number of esters is 1. The average molecular weight is 329 g/mol. The molecule has 0 saturated carbocycles. The fourth-order valence-electron chi connectivity index (χ4n) is 2.69. The fourth-order valence-corrected chi connectivity index (χ4v) is 3.50. The summed E-state index contributed by atoms with van der Waals surface area (Å²) in [7, 11) is 0. The minimum atomic E-state index is -0.875. The van der Waals surface area contributed by atoms with Crippen molar-refractivity contribution in [3.05, 3.63) is 84.1 Å². The van der Waals surface area contributed by atoms with Crippen LogP contribution < -0.4 is 0 Å². The van der Waals surface area contributed by atoms with Gasteiger partial charge in [0.1, 0.15) is 11.2 Å². The van der Waals surface area contributed by atoms with Crippen LogP contribution in [0.25, 0.3) is 0 Å². The van der Waals surface area contributed by atoms with Crippen LogP contribution in [0.3, 0.4) is 0 Å². The second-order valence-corrected chi connectivity index (χ2v) is 5.67. The molecule has 2 nitrogen and oxygen atoms in total. The van der Waals surface area contributed by atoms with Crippen LogP contribution in [-0.4, -0.2) is 10.8 Å². The van der Waals surface area contributed by atoms with E-state index in [4.69, 9.17) is 4.74 Å². The molecule has 1 aliphatic heterocycles. The first kappa shape index (κ1) is 13.1. The van der Waals surface area contributed by atoms with E-state index in [2.05, 4.69) is 22.5 Å². The lowest BCUT2D eigenvalue weighted by Crippen LogP contribution is -2.39. The molecule has 2 aromatic carbocycles. The third-order valence-electron chi connectivity index (χ3n) is 3.67. The summed E-state index contributed by atoms with van der Waals surface area (Å²) in [6, 6.07) is 19.3. The lowest BCUT2D eigenvalue weighted by molar-refractivity contribution is -0.139. The maximum Gasteiger partial charge on any atom is 0.327 e. The minimum absolute atomic E-state index is 0.285. The number of hydrogen-bond donors (Lipinski definition) is 0. The van der Waals surface area contributed by atoms with Crippen LogP contribution >= 0.6 is 15.9 Å². The molecule has 0 unspecified atom stereocenters. The lowest BCUT2D eigenvalue weighted by atomic mass is 9.73. The van der Waals surface area contributed by atoms with Gasteiger partial charge < -0.3 is 4.74 Å². The number of cyclic esters (lactones) is 1. The Bertz CT molecular complexity index is 610. The molecule has 0 aliphatic carbocycles. The highest BCUT2D eigenvalue weighted by molar-refractivity contribution is 9.09. The van der Waals surface area contributed by atoms with Gasteiger partial charge in [-0.1, -0.05) is 83.2 Å². The van der Waals surface area contributed by atoms with E-state index in [0.717, 1.165) is 11.1 Å². The van der Waals surface area contributed by atoms with Crippen molar-refractivity contribution < 1.29 is 9.53 Å². The molecule has 0 bridgehead atoms. The van der Waals surface area contributed by atoms with E-state index < -0.39 is 5.41 Å². The number of hydrogen-bond acceptors (Lipinski definition) is 2. The predicted molar refractivity (Wildman–Crippen MR) is 81.6 cm³/mol. The highest BCUT2D eigenvalue weighted by atomic mass is 79.9. The Balaban J connectivity index is 2.30. The van der Waals surface area contributed by atoms with E-state index in [1.54, 1.807) is 0 Å². The summed E-state index contributed by atoms with van der Waals surface area (Å²) in [5.74, 6) is 0.157. The maximum atomic E-state index is 12.6. The number of carbonyl (C=O) groups excluding carboxylic acids is 1. The summed E-state index contributed by atoms with van der Waals surface area (Å²) < 4.78 is 5.32. The molecule has 0 radical (unpaired) electrons. The van der Waals surface area contributed by atoms with Gasteiger partial charge in [0.2, 0.25) is 0 Å². The number of halogens is 1. The van der Waals surface area contributed by atoms with Gasteiger partial charge in [-0.3, -0.25) is 4.79 Å². The zero-order valence-electron chi connectivity index (χ0n) is 10.8. The molecule has 1 atom stereocenters. The van der Waals surface area contributed by atoms with E-state index in [0.29, 0.717) is 5.76 Å². The van der Waals surface area contributed by atoms with Crippen molar-refractivity contribution in [2.45, 2.75) is 10.2 Å². The zero-order chi connectivity index (χ0) is 14.2. The highest BCUT2D eigenvalue weighted by Crippen LogP contribution is 2.48. The molecule has 2 aromatic rings. The molecule has 1 fully saturated rings. The third kappa shape index (κ3) is 1.74. The Labute approximate surface area is 126 Å². The Morgan fingerprint density at radius 3 is 1.75 bits per heavy atom.